The van der Waals surface area contributed by atoms with Gasteiger partial charge in [-0.15, -0.1) is 0 Å². The molecule has 1 aliphatic carbocycles. The Kier molecular flexibility index (Phi) is 13.0. The molecule has 41 heavy (non-hydrogen) atoms. The minimum Gasteiger partial charge on any atom is -0.426 e. The Hall–Kier alpha value is -2.87. The van der Waals surface area contributed by atoms with Crippen LogP contribution in [0, 0.1) is 11.8 Å². The average Bonchev–Trinajstić information content (AvgIpc) is 3.02. The fourth-order valence-corrected chi connectivity index (χ4v) is 6.53. The molecule has 2 nitrogen and oxygen atoms in total. The summed E-state index contributed by atoms with van der Waals surface area (Å²) in [4.78, 5) is 13.2. The van der Waals surface area contributed by atoms with E-state index in [1.165, 1.54) is 80.0 Å². The number of carbonyl (C=O) groups is 1. The number of aryl methyl sites for hydroxylation is 1. The van der Waals surface area contributed by atoms with Crippen LogP contribution in [0.1, 0.15) is 121 Å². The Bertz CT molecular complexity index is 1120. The van der Waals surface area contributed by atoms with E-state index in [2.05, 4.69) is 80.6 Å². The summed E-state index contributed by atoms with van der Waals surface area (Å²) in [6.45, 7) is 4.48. The minimum atomic E-state index is -0.0609. The van der Waals surface area contributed by atoms with Crippen LogP contribution in [-0.2, 0) is 11.2 Å². The SMILES string of the molecule is CCCCCC[C@H]1CC[C@H](c2ccc(OC(=O)C(CCCC)CCCc3ccc(-c4ccccc4)cc3)cc2)CC1. The highest BCUT2D eigenvalue weighted by Crippen LogP contribution is 2.38. The maximum absolute atomic E-state index is 13.2. The van der Waals surface area contributed by atoms with Gasteiger partial charge in [0.15, 0.2) is 0 Å². The van der Waals surface area contributed by atoms with Crippen molar-refractivity contribution in [1.82, 2.24) is 0 Å². The van der Waals surface area contributed by atoms with Crippen LogP contribution >= 0.6 is 0 Å². The lowest BCUT2D eigenvalue weighted by atomic mass is 9.77. The molecule has 1 fully saturated rings. The standard InChI is InChI=1S/C39H52O2/c1-3-5-7-9-13-31-19-25-35(26-20-31)36-27-29-38(30-28-36)41-39(40)37(15-6-4-2)18-12-14-32-21-23-34(24-22-32)33-16-10-8-11-17-33/h8,10-11,16-17,21-24,27-31,35,37H,3-7,9,12-15,18-20,25-26H2,1-2H3/t31-,35-,37?. The number of rotatable bonds is 16. The number of carbonyl (C=O) groups excluding carboxylic acids is 1. The third-order valence-electron chi connectivity index (χ3n) is 9.20. The monoisotopic (exact) mass is 552 g/mol. The van der Waals surface area contributed by atoms with Gasteiger partial charge in [0.1, 0.15) is 5.75 Å². The molecule has 0 aliphatic heterocycles. The third kappa shape index (κ3) is 10.2. The molecule has 0 aromatic heterocycles. The zero-order valence-corrected chi connectivity index (χ0v) is 25.7. The van der Waals surface area contributed by atoms with Gasteiger partial charge >= 0.3 is 5.97 Å². The van der Waals surface area contributed by atoms with Crippen LogP contribution in [-0.4, -0.2) is 5.97 Å². The normalized spacial score (nSPS) is 17.7. The maximum Gasteiger partial charge on any atom is 0.314 e. The molecule has 2 heteroatoms. The van der Waals surface area contributed by atoms with Crippen molar-refractivity contribution in [2.45, 2.75) is 116 Å². The number of ether oxygens (including phenoxy) is 1. The van der Waals surface area contributed by atoms with Crippen molar-refractivity contribution in [3.8, 4) is 16.9 Å². The van der Waals surface area contributed by atoms with E-state index < -0.39 is 0 Å². The average molecular weight is 553 g/mol. The van der Waals surface area contributed by atoms with Crippen molar-refractivity contribution in [1.29, 1.82) is 0 Å². The van der Waals surface area contributed by atoms with Gasteiger partial charge in [-0.1, -0.05) is 126 Å². The Morgan fingerprint density at radius 1 is 0.707 bits per heavy atom. The number of hydrogen-bond donors (Lipinski definition) is 0. The van der Waals surface area contributed by atoms with Gasteiger partial charge in [-0.3, -0.25) is 4.79 Å². The van der Waals surface area contributed by atoms with E-state index in [1.54, 1.807) is 0 Å². The van der Waals surface area contributed by atoms with E-state index in [-0.39, 0.29) is 11.9 Å². The van der Waals surface area contributed by atoms with E-state index >= 15 is 0 Å². The smallest absolute Gasteiger partial charge is 0.314 e. The molecule has 0 saturated heterocycles. The summed E-state index contributed by atoms with van der Waals surface area (Å²) in [6, 6.07) is 27.8. The minimum absolute atomic E-state index is 0.0363. The lowest BCUT2D eigenvalue weighted by molar-refractivity contribution is -0.139. The molecule has 0 spiro atoms. The van der Waals surface area contributed by atoms with E-state index in [4.69, 9.17) is 4.74 Å². The molecular formula is C39H52O2. The third-order valence-corrected chi connectivity index (χ3v) is 9.20. The Morgan fingerprint density at radius 3 is 2.05 bits per heavy atom. The van der Waals surface area contributed by atoms with Crippen molar-refractivity contribution in [2.24, 2.45) is 11.8 Å². The van der Waals surface area contributed by atoms with E-state index in [0.717, 1.165) is 44.4 Å². The van der Waals surface area contributed by atoms with Crippen LogP contribution in [0.4, 0.5) is 0 Å². The highest BCUT2D eigenvalue weighted by Gasteiger charge is 2.23. The fraction of sp³-hybridized carbons (Fsp3) is 0.513. The predicted octanol–water partition coefficient (Wildman–Crippen LogP) is 11.3. The quantitative estimate of drug-likeness (QED) is 0.100. The molecule has 4 rings (SSSR count). The molecule has 1 atom stereocenters. The second-order valence-corrected chi connectivity index (χ2v) is 12.4. The zero-order chi connectivity index (χ0) is 28.7. The van der Waals surface area contributed by atoms with Gasteiger partial charge in [-0.2, -0.15) is 0 Å². The summed E-state index contributed by atoms with van der Waals surface area (Å²) in [7, 11) is 0. The van der Waals surface area contributed by atoms with Crippen LogP contribution < -0.4 is 4.74 Å². The molecule has 0 bridgehead atoms. The molecule has 1 aliphatic rings. The second-order valence-electron chi connectivity index (χ2n) is 12.4. The van der Waals surface area contributed by atoms with Gasteiger partial charge in [-0.05, 0) is 97.6 Å². The van der Waals surface area contributed by atoms with Crippen LogP contribution in [0.25, 0.3) is 11.1 Å². The van der Waals surface area contributed by atoms with Gasteiger partial charge in [0.05, 0.1) is 5.92 Å². The molecule has 0 amide bonds. The molecular weight excluding hydrogens is 500 g/mol. The van der Waals surface area contributed by atoms with Gasteiger partial charge in [0.25, 0.3) is 0 Å². The molecule has 3 aromatic carbocycles. The van der Waals surface area contributed by atoms with Crippen molar-refractivity contribution >= 4 is 5.97 Å². The Morgan fingerprint density at radius 2 is 1.37 bits per heavy atom. The van der Waals surface area contributed by atoms with E-state index in [9.17, 15) is 4.79 Å². The van der Waals surface area contributed by atoms with E-state index in [1.807, 2.05) is 12.1 Å². The summed E-state index contributed by atoms with van der Waals surface area (Å²) in [5.74, 6) is 2.18. The first-order valence-electron chi connectivity index (χ1n) is 16.6. The lowest BCUT2D eigenvalue weighted by Crippen LogP contribution is -2.21. The van der Waals surface area contributed by atoms with Crippen molar-refractivity contribution in [2.75, 3.05) is 0 Å². The van der Waals surface area contributed by atoms with Gasteiger partial charge < -0.3 is 4.74 Å². The molecule has 0 heterocycles. The van der Waals surface area contributed by atoms with Crippen molar-refractivity contribution < 1.29 is 9.53 Å². The summed E-state index contributed by atoms with van der Waals surface area (Å²) < 4.78 is 5.93. The topological polar surface area (TPSA) is 26.3 Å². The molecule has 0 radical (unpaired) electrons. The Balaban J connectivity index is 1.23. The Labute approximate surface area is 249 Å². The summed E-state index contributed by atoms with van der Waals surface area (Å²) in [5, 5.41) is 0. The maximum atomic E-state index is 13.2. The number of unbranched alkanes of at least 4 members (excludes halogenated alkanes) is 4. The van der Waals surface area contributed by atoms with Gasteiger partial charge in [0.2, 0.25) is 0 Å². The zero-order valence-electron chi connectivity index (χ0n) is 25.7. The van der Waals surface area contributed by atoms with Crippen LogP contribution in [0.15, 0.2) is 78.9 Å². The van der Waals surface area contributed by atoms with Crippen LogP contribution in [0.3, 0.4) is 0 Å². The lowest BCUT2D eigenvalue weighted by Gasteiger charge is -2.29. The number of hydrogen-bond acceptors (Lipinski definition) is 2. The predicted molar refractivity (Wildman–Crippen MR) is 173 cm³/mol. The molecule has 1 saturated carbocycles. The largest absolute Gasteiger partial charge is 0.426 e. The van der Waals surface area contributed by atoms with Gasteiger partial charge in [0, 0.05) is 0 Å². The first kappa shape index (κ1) is 31.1. The highest BCUT2D eigenvalue weighted by molar-refractivity contribution is 5.75. The molecule has 3 aromatic rings. The van der Waals surface area contributed by atoms with Crippen LogP contribution in [0.2, 0.25) is 0 Å². The summed E-state index contributed by atoms with van der Waals surface area (Å²) in [6.07, 6.45) is 18.2. The van der Waals surface area contributed by atoms with Crippen LogP contribution in [0.5, 0.6) is 5.75 Å². The number of esters is 1. The fourth-order valence-electron chi connectivity index (χ4n) is 6.53. The van der Waals surface area contributed by atoms with Crippen molar-refractivity contribution in [3.63, 3.8) is 0 Å². The molecule has 1 unspecified atom stereocenters. The second kappa shape index (κ2) is 17.2. The number of benzene rings is 3. The highest BCUT2D eigenvalue weighted by atomic mass is 16.5. The summed E-state index contributed by atoms with van der Waals surface area (Å²) >= 11 is 0. The van der Waals surface area contributed by atoms with E-state index in [0.29, 0.717) is 11.7 Å². The van der Waals surface area contributed by atoms with Crippen molar-refractivity contribution in [3.05, 3.63) is 90.0 Å². The van der Waals surface area contributed by atoms with Gasteiger partial charge in [-0.25, -0.2) is 0 Å². The summed E-state index contributed by atoms with van der Waals surface area (Å²) in [5.41, 5.74) is 5.23. The first-order valence-corrected chi connectivity index (χ1v) is 16.6. The molecule has 220 valence electrons. The first-order chi connectivity index (χ1) is 20.2. The molecule has 0 N–H and O–H groups in total.